The van der Waals surface area contributed by atoms with Crippen molar-refractivity contribution < 1.29 is 32.2 Å². The van der Waals surface area contributed by atoms with E-state index in [1.165, 1.54) is 16.6 Å². The summed E-state index contributed by atoms with van der Waals surface area (Å²) in [5, 5.41) is 13.0. The van der Waals surface area contributed by atoms with Crippen LogP contribution in [0, 0.1) is 0 Å². The van der Waals surface area contributed by atoms with Gasteiger partial charge in [-0.25, -0.2) is 14.5 Å². The SMILES string of the molecule is Cn1nnnc1NC(=O)c1ccc(C(F)(F)F)nc1COCC1CN(c2ccccc2)C(=O)O1. The summed E-state index contributed by atoms with van der Waals surface area (Å²) in [5.74, 6) is -0.768. The van der Waals surface area contributed by atoms with Crippen LogP contribution in [0.5, 0.6) is 0 Å². The number of halogens is 3. The summed E-state index contributed by atoms with van der Waals surface area (Å²) in [6, 6.07) is 10.5. The Balaban J connectivity index is 1.45. The number of cyclic esters (lactones) is 1. The molecule has 34 heavy (non-hydrogen) atoms. The Bertz CT molecular complexity index is 1190. The van der Waals surface area contributed by atoms with E-state index >= 15 is 0 Å². The first kappa shape index (κ1) is 23.1. The molecule has 1 fully saturated rings. The van der Waals surface area contributed by atoms with Gasteiger partial charge in [-0.2, -0.15) is 13.2 Å². The van der Waals surface area contributed by atoms with E-state index in [-0.39, 0.29) is 30.4 Å². The van der Waals surface area contributed by atoms with Crippen molar-refractivity contribution in [2.45, 2.75) is 18.9 Å². The third-order valence-electron chi connectivity index (χ3n) is 4.84. The van der Waals surface area contributed by atoms with Crippen molar-refractivity contribution in [2.24, 2.45) is 7.05 Å². The number of rotatable bonds is 7. The van der Waals surface area contributed by atoms with E-state index in [2.05, 4.69) is 25.8 Å². The Morgan fingerprint density at radius 3 is 2.68 bits per heavy atom. The number of carbonyl (C=O) groups excluding carboxylic acids is 2. The highest BCUT2D eigenvalue weighted by molar-refractivity contribution is 6.04. The minimum atomic E-state index is -4.71. The number of amides is 2. The van der Waals surface area contributed by atoms with E-state index in [0.29, 0.717) is 11.8 Å². The minimum absolute atomic E-state index is 0.00404. The van der Waals surface area contributed by atoms with E-state index in [0.717, 1.165) is 6.07 Å². The molecule has 1 saturated heterocycles. The fraction of sp³-hybridized carbons (Fsp3) is 0.300. The molecule has 0 radical (unpaired) electrons. The summed E-state index contributed by atoms with van der Waals surface area (Å²) in [5.41, 5.74) is -0.922. The monoisotopic (exact) mass is 477 g/mol. The number of hydrogen-bond acceptors (Lipinski definition) is 8. The number of aromatic nitrogens is 5. The van der Waals surface area contributed by atoms with Gasteiger partial charge in [-0.1, -0.05) is 23.3 Å². The van der Waals surface area contributed by atoms with E-state index in [1.54, 1.807) is 24.3 Å². The number of tetrazole rings is 1. The average molecular weight is 477 g/mol. The molecule has 0 aliphatic carbocycles. The Hall–Kier alpha value is -4.07. The van der Waals surface area contributed by atoms with Gasteiger partial charge in [0.2, 0.25) is 5.95 Å². The first-order valence-electron chi connectivity index (χ1n) is 9.94. The molecule has 3 aromatic rings. The number of ether oxygens (including phenoxy) is 2. The van der Waals surface area contributed by atoms with Crippen LogP contribution in [0.1, 0.15) is 21.7 Å². The van der Waals surface area contributed by atoms with Crippen LogP contribution in [-0.2, 0) is 29.3 Å². The zero-order valence-corrected chi connectivity index (χ0v) is 17.7. The van der Waals surface area contributed by atoms with E-state index < -0.39 is 36.6 Å². The molecule has 178 valence electrons. The molecule has 3 heterocycles. The van der Waals surface area contributed by atoms with Gasteiger partial charge >= 0.3 is 12.3 Å². The van der Waals surface area contributed by atoms with Crippen molar-refractivity contribution in [3.63, 3.8) is 0 Å². The number of carbonyl (C=O) groups is 2. The molecule has 1 atom stereocenters. The molecule has 14 heteroatoms. The number of hydrogen-bond donors (Lipinski definition) is 1. The predicted molar refractivity (Wildman–Crippen MR) is 110 cm³/mol. The third kappa shape index (κ3) is 5.11. The molecule has 1 unspecified atom stereocenters. The van der Waals surface area contributed by atoms with Crippen LogP contribution >= 0.6 is 0 Å². The molecule has 1 aliphatic rings. The summed E-state index contributed by atoms with van der Waals surface area (Å²) in [6.45, 7) is -0.338. The molecule has 1 N–H and O–H groups in total. The van der Waals surface area contributed by atoms with Crippen LogP contribution in [0.15, 0.2) is 42.5 Å². The maximum atomic E-state index is 13.2. The topological polar surface area (TPSA) is 124 Å². The van der Waals surface area contributed by atoms with E-state index in [4.69, 9.17) is 9.47 Å². The minimum Gasteiger partial charge on any atom is -0.441 e. The van der Waals surface area contributed by atoms with Crippen LogP contribution in [0.2, 0.25) is 0 Å². The van der Waals surface area contributed by atoms with Crippen LogP contribution < -0.4 is 10.2 Å². The number of alkyl halides is 3. The molecule has 0 bridgehead atoms. The molecule has 1 aromatic carbocycles. The van der Waals surface area contributed by atoms with Gasteiger partial charge in [0.25, 0.3) is 5.91 Å². The summed E-state index contributed by atoms with van der Waals surface area (Å²) >= 11 is 0. The molecule has 0 spiro atoms. The molecular formula is C20H18F3N7O4. The van der Waals surface area contributed by atoms with Crippen LogP contribution in [-0.4, -0.2) is 56.4 Å². The van der Waals surface area contributed by atoms with Crippen LogP contribution in [0.3, 0.4) is 0 Å². The van der Waals surface area contributed by atoms with Crippen molar-refractivity contribution in [2.75, 3.05) is 23.4 Å². The molecule has 11 nitrogen and oxygen atoms in total. The summed E-state index contributed by atoms with van der Waals surface area (Å²) in [6.07, 6.45) is -5.93. The van der Waals surface area contributed by atoms with Crippen molar-refractivity contribution in [3.05, 3.63) is 59.4 Å². The van der Waals surface area contributed by atoms with Crippen LogP contribution in [0.4, 0.5) is 29.6 Å². The molecular weight excluding hydrogens is 459 g/mol. The Morgan fingerprint density at radius 1 is 1.24 bits per heavy atom. The van der Waals surface area contributed by atoms with Gasteiger partial charge in [0.15, 0.2) is 0 Å². The Kier molecular flexibility index (Phi) is 6.40. The molecule has 2 amide bonds. The zero-order valence-electron chi connectivity index (χ0n) is 17.7. The number of nitrogens with zero attached hydrogens (tertiary/aromatic N) is 6. The predicted octanol–water partition coefficient (Wildman–Crippen LogP) is 2.42. The van der Waals surface area contributed by atoms with Crippen molar-refractivity contribution in [3.8, 4) is 0 Å². The smallest absolute Gasteiger partial charge is 0.433 e. The number of anilines is 2. The number of pyridine rings is 1. The maximum absolute atomic E-state index is 13.2. The first-order valence-corrected chi connectivity index (χ1v) is 9.94. The highest BCUT2D eigenvalue weighted by Crippen LogP contribution is 2.29. The highest BCUT2D eigenvalue weighted by atomic mass is 19.4. The summed E-state index contributed by atoms with van der Waals surface area (Å²) in [7, 11) is 1.48. The van der Waals surface area contributed by atoms with E-state index in [1.807, 2.05) is 6.07 Å². The van der Waals surface area contributed by atoms with Crippen molar-refractivity contribution in [1.29, 1.82) is 0 Å². The third-order valence-corrected chi connectivity index (χ3v) is 4.84. The molecule has 2 aromatic heterocycles. The summed E-state index contributed by atoms with van der Waals surface area (Å²) < 4.78 is 51.5. The fourth-order valence-corrected chi connectivity index (χ4v) is 3.19. The summed E-state index contributed by atoms with van der Waals surface area (Å²) in [4.78, 5) is 29.8. The fourth-order valence-electron chi connectivity index (χ4n) is 3.19. The zero-order chi connectivity index (χ0) is 24.3. The normalized spacial score (nSPS) is 15.9. The lowest BCUT2D eigenvalue weighted by Crippen LogP contribution is -2.26. The maximum Gasteiger partial charge on any atom is 0.433 e. The molecule has 4 rings (SSSR count). The van der Waals surface area contributed by atoms with Gasteiger partial charge in [-0.05, 0) is 34.7 Å². The lowest BCUT2D eigenvalue weighted by Gasteiger charge is -2.14. The highest BCUT2D eigenvalue weighted by Gasteiger charge is 2.34. The lowest BCUT2D eigenvalue weighted by molar-refractivity contribution is -0.141. The number of nitrogens with one attached hydrogen (secondary N) is 1. The van der Waals surface area contributed by atoms with Gasteiger partial charge in [0, 0.05) is 12.7 Å². The van der Waals surface area contributed by atoms with Gasteiger partial charge < -0.3 is 9.47 Å². The molecule has 0 saturated carbocycles. The Morgan fingerprint density at radius 2 is 2.00 bits per heavy atom. The second-order valence-corrected chi connectivity index (χ2v) is 7.24. The second-order valence-electron chi connectivity index (χ2n) is 7.24. The Labute approximate surface area is 190 Å². The van der Waals surface area contributed by atoms with Crippen molar-refractivity contribution in [1.82, 2.24) is 25.2 Å². The second kappa shape index (κ2) is 9.43. The van der Waals surface area contributed by atoms with Gasteiger partial charge in [-0.15, -0.1) is 0 Å². The molecule has 1 aliphatic heterocycles. The van der Waals surface area contributed by atoms with E-state index in [9.17, 15) is 22.8 Å². The largest absolute Gasteiger partial charge is 0.441 e. The number of aryl methyl sites for hydroxylation is 1. The number of benzene rings is 1. The first-order chi connectivity index (χ1) is 16.2. The average Bonchev–Trinajstić information content (AvgIpc) is 3.38. The van der Waals surface area contributed by atoms with Gasteiger partial charge in [0.1, 0.15) is 11.8 Å². The van der Waals surface area contributed by atoms with Gasteiger partial charge in [0.05, 0.1) is 31.0 Å². The standard InChI is InChI=1S/C20H18F3N7O4/c1-29-18(26-27-28-29)25-17(31)14-7-8-16(20(21,22)23)24-15(14)11-33-10-13-9-30(19(32)34-13)12-5-3-2-4-6-12/h2-8,13H,9-11H2,1H3,(H,25,26,28,31). The van der Waals surface area contributed by atoms with Gasteiger partial charge in [-0.3, -0.25) is 15.0 Å². The number of para-hydroxylation sites is 1. The quantitative estimate of drug-likeness (QED) is 0.550. The van der Waals surface area contributed by atoms with Crippen LogP contribution in [0.25, 0.3) is 0 Å². The van der Waals surface area contributed by atoms with Crippen molar-refractivity contribution >= 4 is 23.6 Å². The lowest BCUT2D eigenvalue weighted by atomic mass is 10.1.